The third kappa shape index (κ3) is 2.89. The number of benzene rings is 1. The molecule has 6 heteroatoms. The van der Waals surface area contributed by atoms with Gasteiger partial charge >= 0.3 is 0 Å². The first-order valence-electron chi connectivity index (χ1n) is 5.60. The molecule has 1 aromatic carbocycles. The zero-order valence-electron chi connectivity index (χ0n) is 9.73. The molecule has 0 atom stereocenters. The molecule has 0 heterocycles. The van der Waals surface area contributed by atoms with E-state index in [4.69, 9.17) is 5.73 Å². The fraction of sp³-hybridized carbons (Fsp3) is 0.455. The number of nitrogens with two attached hydrogens (primary N) is 1. The number of rotatable bonds is 5. The highest BCUT2D eigenvalue weighted by atomic mass is 32.2. The van der Waals surface area contributed by atoms with Gasteiger partial charge in [0.05, 0.1) is 5.69 Å². The van der Waals surface area contributed by atoms with E-state index in [9.17, 15) is 8.42 Å². The van der Waals surface area contributed by atoms with Crippen molar-refractivity contribution in [2.24, 2.45) is 5.92 Å². The molecule has 0 amide bonds. The molecule has 0 radical (unpaired) electrons. The fourth-order valence-electron chi connectivity index (χ4n) is 1.60. The number of nitrogen functional groups attached to an aromatic ring is 1. The van der Waals surface area contributed by atoms with Gasteiger partial charge in [0.1, 0.15) is 4.90 Å². The van der Waals surface area contributed by atoms with E-state index in [-0.39, 0.29) is 10.6 Å². The Balaban J connectivity index is 2.15. The summed E-state index contributed by atoms with van der Waals surface area (Å²) in [5.74, 6) is 0.761. The van der Waals surface area contributed by atoms with Gasteiger partial charge in [-0.25, -0.2) is 13.1 Å². The molecule has 5 nitrogen and oxygen atoms in total. The predicted molar refractivity (Wildman–Crippen MR) is 68.3 cm³/mol. The molecule has 0 aromatic heterocycles. The number of nitrogens with one attached hydrogen (secondary N) is 2. The molecule has 0 saturated heterocycles. The third-order valence-electron chi connectivity index (χ3n) is 2.86. The van der Waals surface area contributed by atoms with Crippen molar-refractivity contribution in [1.29, 1.82) is 0 Å². The Morgan fingerprint density at radius 3 is 2.65 bits per heavy atom. The Morgan fingerprint density at radius 2 is 2.12 bits per heavy atom. The zero-order chi connectivity index (χ0) is 12.5. The Hall–Kier alpha value is -1.27. The van der Waals surface area contributed by atoms with Crippen LogP contribution in [0.1, 0.15) is 12.8 Å². The van der Waals surface area contributed by atoms with Crippen LogP contribution < -0.4 is 15.8 Å². The summed E-state index contributed by atoms with van der Waals surface area (Å²) in [4.78, 5) is 0.122. The second-order valence-electron chi connectivity index (χ2n) is 4.28. The topological polar surface area (TPSA) is 84.2 Å². The molecule has 0 aliphatic heterocycles. The number of hydrogen-bond donors (Lipinski definition) is 3. The molecule has 0 unspecified atom stereocenters. The van der Waals surface area contributed by atoms with E-state index in [1.807, 2.05) is 0 Å². The molecule has 94 valence electrons. The molecule has 2 rings (SSSR count). The van der Waals surface area contributed by atoms with Gasteiger partial charge in [-0.3, -0.25) is 0 Å². The van der Waals surface area contributed by atoms with Crippen LogP contribution in [0.15, 0.2) is 23.1 Å². The van der Waals surface area contributed by atoms with Gasteiger partial charge in [0.25, 0.3) is 0 Å². The maximum absolute atomic E-state index is 11.6. The molecular weight excluding hydrogens is 238 g/mol. The van der Waals surface area contributed by atoms with E-state index >= 15 is 0 Å². The summed E-state index contributed by atoms with van der Waals surface area (Å²) in [7, 11) is -2.10. The average Bonchev–Trinajstić information content (AvgIpc) is 3.10. The molecule has 1 aliphatic rings. The second kappa shape index (κ2) is 4.54. The van der Waals surface area contributed by atoms with Gasteiger partial charge in [-0.05, 0) is 44.0 Å². The molecule has 4 N–H and O–H groups in total. The summed E-state index contributed by atoms with van der Waals surface area (Å²) >= 11 is 0. The SMILES string of the molecule is CNS(=O)(=O)c1ccc(NCC2CC2)cc1N. The van der Waals surface area contributed by atoms with Crippen molar-refractivity contribution in [3.63, 3.8) is 0 Å². The summed E-state index contributed by atoms with van der Waals surface area (Å²) in [6.45, 7) is 0.928. The molecular formula is C11H17N3O2S. The van der Waals surface area contributed by atoms with Crippen LogP contribution in [0.25, 0.3) is 0 Å². The Kier molecular flexibility index (Phi) is 3.26. The van der Waals surface area contributed by atoms with Crippen LogP contribution >= 0.6 is 0 Å². The minimum Gasteiger partial charge on any atom is -0.398 e. The Bertz CT molecular complexity index is 509. The van der Waals surface area contributed by atoms with Gasteiger partial charge in [0.2, 0.25) is 10.0 Å². The van der Waals surface area contributed by atoms with E-state index in [1.54, 1.807) is 12.1 Å². The average molecular weight is 255 g/mol. The van der Waals surface area contributed by atoms with Gasteiger partial charge in [-0.2, -0.15) is 0 Å². The molecule has 1 saturated carbocycles. The largest absolute Gasteiger partial charge is 0.398 e. The third-order valence-corrected chi connectivity index (χ3v) is 4.35. The Labute approximate surface area is 101 Å². The maximum Gasteiger partial charge on any atom is 0.242 e. The lowest BCUT2D eigenvalue weighted by molar-refractivity contribution is 0.588. The summed E-state index contributed by atoms with van der Waals surface area (Å²) in [6.07, 6.45) is 2.55. The van der Waals surface area contributed by atoms with E-state index in [2.05, 4.69) is 10.0 Å². The first-order chi connectivity index (χ1) is 8.03. The van der Waals surface area contributed by atoms with Crippen LogP contribution in [0.4, 0.5) is 11.4 Å². The number of sulfonamides is 1. The van der Waals surface area contributed by atoms with E-state index in [0.717, 1.165) is 18.2 Å². The standard InChI is InChI=1S/C11H17N3O2S/c1-13-17(15,16)11-5-4-9(6-10(11)12)14-7-8-2-3-8/h4-6,8,13-14H,2-3,7,12H2,1H3. The summed E-state index contributed by atoms with van der Waals surface area (Å²) < 4.78 is 25.4. The van der Waals surface area contributed by atoms with E-state index < -0.39 is 10.0 Å². The summed E-state index contributed by atoms with van der Waals surface area (Å²) in [5.41, 5.74) is 6.88. The molecule has 17 heavy (non-hydrogen) atoms. The first kappa shape index (κ1) is 12.2. The molecule has 0 spiro atoms. The van der Waals surface area contributed by atoms with Gasteiger partial charge in [0, 0.05) is 12.2 Å². The molecule has 0 bridgehead atoms. The lowest BCUT2D eigenvalue weighted by Crippen LogP contribution is -2.20. The van der Waals surface area contributed by atoms with E-state index in [0.29, 0.717) is 0 Å². The monoisotopic (exact) mass is 255 g/mol. The van der Waals surface area contributed by atoms with Gasteiger partial charge in [-0.1, -0.05) is 0 Å². The van der Waals surface area contributed by atoms with Crippen molar-refractivity contribution in [2.45, 2.75) is 17.7 Å². The van der Waals surface area contributed by atoms with Gasteiger partial charge < -0.3 is 11.1 Å². The van der Waals surface area contributed by atoms with Crippen molar-refractivity contribution in [1.82, 2.24) is 4.72 Å². The summed E-state index contributed by atoms with van der Waals surface area (Å²) in [6, 6.07) is 4.92. The minimum atomic E-state index is -3.47. The highest BCUT2D eigenvalue weighted by Crippen LogP contribution is 2.29. The van der Waals surface area contributed by atoms with Crippen molar-refractivity contribution >= 4 is 21.4 Å². The first-order valence-corrected chi connectivity index (χ1v) is 7.08. The smallest absolute Gasteiger partial charge is 0.242 e. The van der Waals surface area contributed by atoms with Crippen LogP contribution in [0.2, 0.25) is 0 Å². The van der Waals surface area contributed by atoms with Crippen LogP contribution in [0.3, 0.4) is 0 Å². The molecule has 1 aliphatic carbocycles. The minimum absolute atomic E-state index is 0.122. The van der Waals surface area contributed by atoms with Crippen molar-refractivity contribution in [2.75, 3.05) is 24.6 Å². The van der Waals surface area contributed by atoms with Gasteiger partial charge in [-0.15, -0.1) is 0 Å². The van der Waals surface area contributed by atoms with Gasteiger partial charge in [0.15, 0.2) is 0 Å². The van der Waals surface area contributed by atoms with E-state index in [1.165, 1.54) is 26.0 Å². The lowest BCUT2D eigenvalue weighted by atomic mass is 10.2. The maximum atomic E-state index is 11.6. The highest BCUT2D eigenvalue weighted by molar-refractivity contribution is 7.89. The summed E-state index contributed by atoms with van der Waals surface area (Å²) in [5, 5.41) is 3.25. The van der Waals surface area contributed by atoms with Crippen molar-refractivity contribution < 1.29 is 8.42 Å². The Morgan fingerprint density at radius 1 is 1.41 bits per heavy atom. The predicted octanol–water partition coefficient (Wildman–Crippen LogP) is 0.999. The second-order valence-corrected chi connectivity index (χ2v) is 6.14. The highest BCUT2D eigenvalue weighted by Gasteiger charge is 2.21. The quantitative estimate of drug-likeness (QED) is 0.685. The fourth-order valence-corrected chi connectivity index (χ4v) is 2.43. The number of anilines is 2. The van der Waals surface area contributed by atoms with Crippen molar-refractivity contribution in [3.8, 4) is 0 Å². The van der Waals surface area contributed by atoms with Crippen LogP contribution in [-0.4, -0.2) is 22.0 Å². The normalized spacial score (nSPS) is 15.8. The van der Waals surface area contributed by atoms with Crippen LogP contribution in [-0.2, 0) is 10.0 Å². The zero-order valence-corrected chi connectivity index (χ0v) is 10.5. The van der Waals surface area contributed by atoms with Crippen molar-refractivity contribution in [3.05, 3.63) is 18.2 Å². The molecule has 1 aromatic rings. The molecule has 1 fully saturated rings. The van der Waals surface area contributed by atoms with Crippen LogP contribution in [0, 0.1) is 5.92 Å². The number of hydrogen-bond acceptors (Lipinski definition) is 4. The van der Waals surface area contributed by atoms with Crippen LogP contribution in [0.5, 0.6) is 0 Å². The lowest BCUT2D eigenvalue weighted by Gasteiger charge is -2.10.